The van der Waals surface area contributed by atoms with Crippen molar-refractivity contribution in [3.63, 3.8) is 0 Å². The monoisotopic (exact) mass is 412 g/mol. The molecule has 30 heavy (non-hydrogen) atoms. The third-order valence-corrected chi connectivity index (χ3v) is 4.53. The maximum absolute atomic E-state index is 13.9. The van der Waals surface area contributed by atoms with Crippen LogP contribution in [0.25, 0.3) is 10.9 Å². The normalized spacial score (nSPS) is 10.9. The van der Waals surface area contributed by atoms with Gasteiger partial charge in [0.25, 0.3) is 0 Å². The van der Waals surface area contributed by atoms with Crippen LogP contribution in [0, 0.1) is 17.5 Å². The summed E-state index contributed by atoms with van der Waals surface area (Å²) in [5, 5.41) is 4.70. The van der Waals surface area contributed by atoms with E-state index in [9.17, 15) is 18.0 Å². The summed E-state index contributed by atoms with van der Waals surface area (Å²) >= 11 is 0. The number of esters is 1. The van der Waals surface area contributed by atoms with Crippen molar-refractivity contribution in [3.8, 4) is 11.6 Å². The summed E-state index contributed by atoms with van der Waals surface area (Å²) < 4.78 is 53.1. The Hall–Kier alpha value is -3.81. The lowest BCUT2D eigenvalue weighted by atomic mass is 10.2. The summed E-state index contributed by atoms with van der Waals surface area (Å²) in [6, 6.07) is 14.0. The lowest BCUT2D eigenvalue weighted by Crippen LogP contribution is -2.14. The number of hydrogen-bond donors (Lipinski definition) is 0. The molecule has 0 aliphatic rings. The Kier molecular flexibility index (Phi) is 5.14. The van der Waals surface area contributed by atoms with Crippen LogP contribution in [0.1, 0.15) is 15.9 Å². The number of carbonyl (C=O) groups is 1. The summed E-state index contributed by atoms with van der Waals surface area (Å²) in [7, 11) is 1.48. The van der Waals surface area contributed by atoms with Gasteiger partial charge in [0.15, 0.2) is 0 Å². The minimum absolute atomic E-state index is 0.126. The number of nitrogens with zero attached hydrogens (tertiary/aromatic N) is 2. The van der Waals surface area contributed by atoms with Crippen LogP contribution in [-0.4, -0.2) is 22.9 Å². The third-order valence-electron chi connectivity index (χ3n) is 4.53. The fraction of sp³-hybridized carbons (Fsp3) is 0.0909. The standard InChI is InChI=1S/C22H15F3N2O3/c1-29-15-9-10-19-16(11-15)21(26-27(19)12-13-5-7-14(23)8-6-13)30-22(28)20-17(24)3-2-4-18(20)25/h2-11H,12H2,1H3. The number of fused-ring (bicyclic) bond motifs is 1. The van der Waals surface area contributed by atoms with E-state index in [0.717, 1.165) is 23.8 Å². The van der Waals surface area contributed by atoms with E-state index in [1.54, 1.807) is 35.0 Å². The van der Waals surface area contributed by atoms with E-state index >= 15 is 0 Å². The largest absolute Gasteiger partial charge is 0.497 e. The fourth-order valence-corrected chi connectivity index (χ4v) is 3.05. The van der Waals surface area contributed by atoms with Gasteiger partial charge in [0.1, 0.15) is 28.8 Å². The van der Waals surface area contributed by atoms with Gasteiger partial charge in [0, 0.05) is 0 Å². The SMILES string of the molecule is COc1ccc2c(c1)c(OC(=O)c1c(F)cccc1F)nn2Cc1ccc(F)cc1. The van der Waals surface area contributed by atoms with Crippen LogP contribution >= 0.6 is 0 Å². The molecule has 3 aromatic carbocycles. The molecule has 0 N–H and O–H groups in total. The Morgan fingerprint density at radius 2 is 1.70 bits per heavy atom. The first-order valence-corrected chi connectivity index (χ1v) is 8.91. The number of carbonyl (C=O) groups excluding carboxylic acids is 1. The summed E-state index contributed by atoms with van der Waals surface area (Å²) in [6.45, 7) is 0.259. The van der Waals surface area contributed by atoms with Gasteiger partial charge in [-0.1, -0.05) is 18.2 Å². The molecule has 1 aromatic heterocycles. The topological polar surface area (TPSA) is 53.4 Å². The molecular weight excluding hydrogens is 397 g/mol. The second-order valence-electron chi connectivity index (χ2n) is 6.46. The van der Waals surface area contributed by atoms with Gasteiger partial charge in [-0.3, -0.25) is 4.68 Å². The second-order valence-corrected chi connectivity index (χ2v) is 6.46. The van der Waals surface area contributed by atoms with Crippen molar-refractivity contribution in [2.45, 2.75) is 6.54 Å². The van der Waals surface area contributed by atoms with Crippen LogP contribution in [-0.2, 0) is 6.54 Å². The summed E-state index contributed by atoms with van der Waals surface area (Å²) in [4.78, 5) is 12.4. The second kappa shape index (κ2) is 7.90. The van der Waals surface area contributed by atoms with Crippen LogP contribution < -0.4 is 9.47 Å². The zero-order valence-electron chi connectivity index (χ0n) is 15.7. The molecule has 5 nitrogen and oxygen atoms in total. The van der Waals surface area contributed by atoms with E-state index in [1.807, 2.05) is 0 Å². The highest BCUT2D eigenvalue weighted by Crippen LogP contribution is 2.30. The highest BCUT2D eigenvalue weighted by atomic mass is 19.1. The van der Waals surface area contributed by atoms with Gasteiger partial charge in [-0.15, -0.1) is 5.10 Å². The van der Waals surface area contributed by atoms with Crippen LogP contribution in [0.5, 0.6) is 11.6 Å². The van der Waals surface area contributed by atoms with Crippen LogP contribution in [0.15, 0.2) is 60.7 Å². The number of rotatable bonds is 5. The predicted molar refractivity (Wildman–Crippen MR) is 103 cm³/mol. The molecule has 0 saturated carbocycles. The first-order valence-electron chi connectivity index (χ1n) is 8.91. The van der Waals surface area contributed by atoms with Crippen molar-refractivity contribution >= 4 is 16.9 Å². The molecule has 0 saturated heterocycles. The summed E-state index contributed by atoms with van der Waals surface area (Å²) in [5.41, 5.74) is 0.549. The fourth-order valence-electron chi connectivity index (χ4n) is 3.05. The van der Waals surface area contributed by atoms with Crippen LogP contribution in [0.3, 0.4) is 0 Å². The highest BCUT2D eigenvalue weighted by Gasteiger charge is 2.22. The molecule has 0 fully saturated rings. The molecule has 0 radical (unpaired) electrons. The molecular formula is C22H15F3N2O3. The number of halogens is 3. The third kappa shape index (κ3) is 3.71. The van der Waals surface area contributed by atoms with Crippen molar-refractivity contribution in [3.05, 3.63) is 89.2 Å². The van der Waals surface area contributed by atoms with Gasteiger partial charge in [0.05, 0.1) is 24.6 Å². The molecule has 4 aromatic rings. The maximum Gasteiger partial charge on any atom is 0.350 e. The lowest BCUT2D eigenvalue weighted by molar-refractivity contribution is 0.0718. The van der Waals surface area contributed by atoms with E-state index in [-0.39, 0.29) is 18.2 Å². The first-order chi connectivity index (χ1) is 14.5. The first kappa shape index (κ1) is 19.5. The quantitative estimate of drug-likeness (QED) is 0.445. The molecule has 0 aliphatic carbocycles. The van der Waals surface area contributed by atoms with Crippen molar-refractivity contribution in [2.75, 3.05) is 7.11 Å². The number of aromatic nitrogens is 2. The van der Waals surface area contributed by atoms with E-state index < -0.39 is 23.2 Å². The molecule has 1 heterocycles. The van der Waals surface area contributed by atoms with Crippen LogP contribution in [0.2, 0.25) is 0 Å². The minimum atomic E-state index is -1.21. The van der Waals surface area contributed by atoms with Crippen molar-refractivity contribution in [1.82, 2.24) is 9.78 Å². The molecule has 0 aliphatic heterocycles. The van der Waals surface area contributed by atoms with Crippen molar-refractivity contribution in [1.29, 1.82) is 0 Å². The van der Waals surface area contributed by atoms with Gasteiger partial charge in [-0.2, -0.15) is 0 Å². The molecule has 0 spiro atoms. The van der Waals surface area contributed by atoms with E-state index in [4.69, 9.17) is 9.47 Å². The lowest BCUT2D eigenvalue weighted by Gasteiger charge is -2.04. The molecule has 0 unspecified atom stereocenters. The zero-order chi connectivity index (χ0) is 21.3. The molecule has 4 rings (SSSR count). The summed E-state index contributed by atoms with van der Waals surface area (Å²) in [5.74, 6) is -3.28. The average molecular weight is 412 g/mol. The number of benzene rings is 3. The smallest absolute Gasteiger partial charge is 0.350 e. The van der Waals surface area contributed by atoms with E-state index in [0.29, 0.717) is 16.7 Å². The molecule has 0 amide bonds. The van der Waals surface area contributed by atoms with Crippen molar-refractivity contribution < 1.29 is 27.4 Å². The molecule has 152 valence electrons. The number of hydrogen-bond acceptors (Lipinski definition) is 4. The van der Waals surface area contributed by atoms with E-state index in [1.165, 1.54) is 19.2 Å². The van der Waals surface area contributed by atoms with Crippen LogP contribution in [0.4, 0.5) is 13.2 Å². The Bertz CT molecular complexity index is 1220. The maximum atomic E-state index is 13.9. The predicted octanol–water partition coefficient (Wildman–Crippen LogP) is 4.73. The number of ether oxygens (including phenoxy) is 2. The molecule has 0 bridgehead atoms. The van der Waals surface area contributed by atoms with Gasteiger partial charge >= 0.3 is 5.97 Å². The van der Waals surface area contributed by atoms with Crippen molar-refractivity contribution in [2.24, 2.45) is 0 Å². The van der Waals surface area contributed by atoms with Gasteiger partial charge in [-0.25, -0.2) is 18.0 Å². The Morgan fingerprint density at radius 3 is 2.37 bits per heavy atom. The Labute approximate surface area is 169 Å². The zero-order valence-corrected chi connectivity index (χ0v) is 15.7. The molecule has 8 heteroatoms. The number of methoxy groups -OCH3 is 1. The minimum Gasteiger partial charge on any atom is -0.497 e. The Balaban J connectivity index is 1.75. The van der Waals surface area contributed by atoms with Gasteiger partial charge < -0.3 is 9.47 Å². The van der Waals surface area contributed by atoms with E-state index in [2.05, 4.69) is 5.10 Å². The summed E-state index contributed by atoms with van der Waals surface area (Å²) in [6.07, 6.45) is 0. The average Bonchev–Trinajstić information content (AvgIpc) is 3.06. The molecule has 0 atom stereocenters. The highest BCUT2D eigenvalue weighted by molar-refractivity contribution is 5.95. The Morgan fingerprint density at radius 1 is 1.00 bits per heavy atom. The van der Waals surface area contributed by atoms with Gasteiger partial charge in [0.2, 0.25) is 5.88 Å². The van der Waals surface area contributed by atoms with Gasteiger partial charge in [-0.05, 0) is 48.0 Å².